The van der Waals surface area contributed by atoms with Crippen molar-refractivity contribution in [1.29, 1.82) is 0 Å². The highest BCUT2D eigenvalue weighted by Gasteiger charge is 2.28. The number of anilines is 1. The molecule has 0 aliphatic heterocycles. The van der Waals surface area contributed by atoms with Crippen LogP contribution in [0.25, 0.3) is 0 Å². The topological polar surface area (TPSA) is 93.2 Å². The van der Waals surface area contributed by atoms with Gasteiger partial charge in [0.05, 0.1) is 6.04 Å². The maximum atomic E-state index is 12.5. The molecule has 29 heavy (non-hydrogen) atoms. The predicted octanol–water partition coefficient (Wildman–Crippen LogP) is 3.57. The fraction of sp³-hybridized carbons (Fsp3) is 0.368. The van der Waals surface area contributed by atoms with Crippen molar-refractivity contribution in [3.8, 4) is 5.75 Å². The summed E-state index contributed by atoms with van der Waals surface area (Å²) in [7, 11) is 0. The summed E-state index contributed by atoms with van der Waals surface area (Å²) < 4.78 is 41.7. The van der Waals surface area contributed by atoms with E-state index < -0.39 is 24.7 Å². The first-order chi connectivity index (χ1) is 13.6. The van der Waals surface area contributed by atoms with Crippen LogP contribution in [0.2, 0.25) is 0 Å². The first-order valence-electron chi connectivity index (χ1n) is 8.83. The summed E-state index contributed by atoms with van der Waals surface area (Å²) in [4.78, 5) is 32.1. The average Bonchev–Trinajstić information content (AvgIpc) is 2.65. The number of rotatable bonds is 7. The first-order valence-corrected chi connectivity index (χ1v) is 8.83. The van der Waals surface area contributed by atoms with E-state index in [4.69, 9.17) is 4.74 Å². The molecule has 2 amide bonds. The minimum absolute atomic E-state index is 0.0252. The van der Waals surface area contributed by atoms with Crippen molar-refractivity contribution in [2.75, 3.05) is 11.9 Å². The maximum Gasteiger partial charge on any atom is 0.422 e. The Balaban J connectivity index is 2.10. The van der Waals surface area contributed by atoms with E-state index in [2.05, 4.69) is 20.6 Å². The molecule has 0 aliphatic carbocycles. The molecular formula is C19H21F3N4O3. The second kappa shape index (κ2) is 9.35. The Bertz CT molecular complexity index is 887. The molecule has 0 saturated heterocycles. The molecule has 1 aromatic carbocycles. The first kappa shape index (κ1) is 22.1. The van der Waals surface area contributed by atoms with Crippen molar-refractivity contribution in [2.45, 2.75) is 39.4 Å². The van der Waals surface area contributed by atoms with Crippen LogP contribution in [-0.2, 0) is 4.79 Å². The Morgan fingerprint density at radius 2 is 1.93 bits per heavy atom. The van der Waals surface area contributed by atoms with E-state index in [1.54, 1.807) is 26.8 Å². The molecule has 2 rings (SSSR count). The number of ether oxygens (including phenoxy) is 1. The van der Waals surface area contributed by atoms with Crippen LogP contribution in [0.5, 0.6) is 5.75 Å². The molecule has 1 unspecified atom stereocenters. The van der Waals surface area contributed by atoms with Crippen LogP contribution in [0.3, 0.4) is 0 Å². The lowest BCUT2D eigenvalue weighted by molar-refractivity contribution is -0.153. The van der Waals surface area contributed by atoms with Crippen LogP contribution >= 0.6 is 0 Å². The van der Waals surface area contributed by atoms with Crippen LogP contribution in [0, 0.1) is 6.92 Å². The van der Waals surface area contributed by atoms with Gasteiger partial charge >= 0.3 is 6.18 Å². The number of carbonyl (C=O) groups is 2. The molecule has 2 aromatic rings. The van der Waals surface area contributed by atoms with Gasteiger partial charge in [-0.05, 0) is 37.6 Å². The lowest BCUT2D eigenvalue weighted by Crippen LogP contribution is -2.28. The molecule has 0 radical (unpaired) electrons. The molecule has 0 saturated carbocycles. The van der Waals surface area contributed by atoms with Gasteiger partial charge < -0.3 is 10.1 Å². The van der Waals surface area contributed by atoms with Gasteiger partial charge in [-0.2, -0.15) is 13.2 Å². The van der Waals surface area contributed by atoms with Gasteiger partial charge in [0, 0.05) is 12.1 Å². The van der Waals surface area contributed by atoms with E-state index >= 15 is 0 Å². The number of nitrogens with zero attached hydrogens (tertiary/aromatic N) is 2. The molecule has 0 fully saturated rings. The zero-order valence-electron chi connectivity index (χ0n) is 16.1. The van der Waals surface area contributed by atoms with Crippen molar-refractivity contribution in [1.82, 2.24) is 15.3 Å². The Kier molecular flexibility index (Phi) is 7.13. The number of aromatic nitrogens is 2. The number of amides is 2. The summed E-state index contributed by atoms with van der Waals surface area (Å²) in [5.74, 6) is -0.733. The largest absolute Gasteiger partial charge is 0.484 e. The van der Waals surface area contributed by atoms with Crippen molar-refractivity contribution in [2.24, 2.45) is 0 Å². The molecule has 1 heterocycles. The van der Waals surface area contributed by atoms with E-state index in [0.29, 0.717) is 11.3 Å². The quantitative estimate of drug-likeness (QED) is 0.728. The highest BCUT2D eigenvalue weighted by molar-refractivity contribution is 5.94. The SMILES string of the molecule is CCC(=O)Nc1nc(C)cc(C(=O)NC(C)c2cccc(OCC(F)(F)F)c2)n1. The van der Waals surface area contributed by atoms with Crippen LogP contribution in [0.1, 0.15) is 48.1 Å². The van der Waals surface area contributed by atoms with Gasteiger partial charge in [-0.3, -0.25) is 14.9 Å². The van der Waals surface area contributed by atoms with Crippen molar-refractivity contribution in [3.05, 3.63) is 47.3 Å². The minimum Gasteiger partial charge on any atom is -0.484 e. The van der Waals surface area contributed by atoms with Gasteiger partial charge in [0.25, 0.3) is 5.91 Å². The van der Waals surface area contributed by atoms with Crippen molar-refractivity contribution in [3.63, 3.8) is 0 Å². The van der Waals surface area contributed by atoms with E-state index in [-0.39, 0.29) is 29.7 Å². The normalized spacial score (nSPS) is 12.2. The molecule has 0 spiro atoms. The molecule has 156 valence electrons. The Morgan fingerprint density at radius 3 is 2.59 bits per heavy atom. The van der Waals surface area contributed by atoms with Crippen LogP contribution in [-0.4, -0.2) is 34.6 Å². The average molecular weight is 410 g/mol. The van der Waals surface area contributed by atoms with Gasteiger partial charge in [-0.25, -0.2) is 9.97 Å². The highest BCUT2D eigenvalue weighted by Crippen LogP contribution is 2.22. The molecule has 1 aromatic heterocycles. The minimum atomic E-state index is -4.44. The molecular weight excluding hydrogens is 389 g/mol. The zero-order valence-corrected chi connectivity index (χ0v) is 16.1. The number of benzene rings is 1. The summed E-state index contributed by atoms with van der Waals surface area (Å²) in [5.41, 5.74) is 1.11. The van der Waals surface area contributed by atoms with Crippen LogP contribution in [0.4, 0.5) is 19.1 Å². The van der Waals surface area contributed by atoms with E-state index in [1.165, 1.54) is 24.3 Å². The number of aryl methyl sites for hydroxylation is 1. The fourth-order valence-corrected chi connectivity index (χ4v) is 2.35. The summed E-state index contributed by atoms with van der Waals surface area (Å²) in [6.45, 7) is 3.61. The molecule has 0 bridgehead atoms. The highest BCUT2D eigenvalue weighted by atomic mass is 19.4. The Hall–Kier alpha value is -3.17. The Labute approximate surface area is 165 Å². The van der Waals surface area contributed by atoms with Crippen LogP contribution < -0.4 is 15.4 Å². The summed E-state index contributed by atoms with van der Waals surface area (Å²) >= 11 is 0. The van der Waals surface area contributed by atoms with E-state index in [0.717, 1.165) is 0 Å². The summed E-state index contributed by atoms with van der Waals surface area (Å²) in [6.07, 6.45) is -4.20. The van der Waals surface area contributed by atoms with Gasteiger partial charge in [0.1, 0.15) is 11.4 Å². The Morgan fingerprint density at radius 1 is 1.21 bits per heavy atom. The molecule has 2 N–H and O–H groups in total. The number of halogens is 3. The lowest BCUT2D eigenvalue weighted by Gasteiger charge is -2.16. The zero-order chi connectivity index (χ0) is 21.6. The smallest absolute Gasteiger partial charge is 0.422 e. The number of hydrogen-bond acceptors (Lipinski definition) is 5. The van der Waals surface area contributed by atoms with Gasteiger partial charge in [-0.15, -0.1) is 0 Å². The summed E-state index contributed by atoms with van der Waals surface area (Å²) in [5, 5.41) is 5.21. The third kappa shape index (κ3) is 7.05. The molecule has 7 nitrogen and oxygen atoms in total. The predicted molar refractivity (Wildman–Crippen MR) is 99.6 cm³/mol. The number of nitrogens with one attached hydrogen (secondary N) is 2. The molecule has 10 heteroatoms. The molecule has 0 aliphatic rings. The fourth-order valence-electron chi connectivity index (χ4n) is 2.35. The monoisotopic (exact) mass is 410 g/mol. The second-order valence-corrected chi connectivity index (χ2v) is 6.29. The van der Waals surface area contributed by atoms with E-state index in [9.17, 15) is 22.8 Å². The number of alkyl halides is 3. The summed E-state index contributed by atoms with van der Waals surface area (Å²) in [6, 6.07) is 6.96. The molecule has 1 atom stereocenters. The van der Waals surface area contributed by atoms with E-state index in [1.807, 2.05) is 0 Å². The number of hydrogen-bond donors (Lipinski definition) is 2. The van der Waals surface area contributed by atoms with Crippen LogP contribution in [0.15, 0.2) is 30.3 Å². The lowest BCUT2D eigenvalue weighted by atomic mass is 10.1. The second-order valence-electron chi connectivity index (χ2n) is 6.29. The third-order valence-corrected chi connectivity index (χ3v) is 3.77. The maximum absolute atomic E-state index is 12.5. The van der Waals surface area contributed by atoms with Gasteiger partial charge in [0.15, 0.2) is 6.61 Å². The van der Waals surface area contributed by atoms with Crippen molar-refractivity contribution < 1.29 is 27.5 Å². The number of carbonyl (C=O) groups excluding carboxylic acids is 2. The van der Waals surface area contributed by atoms with Crippen molar-refractivity contribution >= 4 is 17.8 Å². The standard InChI is InChI=1S/C19H21F3N4O3/c1-4-16(27)26-18-23-11(2)8-15(25-18)17(28)24-12(3)13-6-5-7-14(9-13)29-10-19(20,21)22/h5-9,12H,4,10H2,1-3H3,(H,24,28)(H,23,25,26,27). The third-order valence-electron chi connectivity index (χ3n) is 3.77. The van der Waals surface area contributed by atoms with Gasteiger partial charge in [0.2, 0.25) is 11.9 Å². The van der Waals surface area contributed by atoms with Gasteiger partial charge in [-0.1, -0.05) is 19.1 Å².